The Morgan fingerprint density at radius 2 is 2.30 bits per heavy atom. The molecule has 1 fully saturated rings. The van der Waals surface area contributed by atoms with Crippen molar-refractivity contribution in [2.75, 3.05) is 30.8 Å². The minimum atomic E-state index is -0.159. The van der Waals surface area contributed by atoms with Crippen LogP contribution in [0.15, 0.2) is 18.2 Å². The smallest absolute Gasteiger partial charge is 0.253 e. The Kier molecular flexibility index (Phi) is 4.49. The van der Waals surface area contributed by atoms with Crippen LogP contribution in [-0.4, -0.2) is 31.2 Å². The van der Waals surface area contributed by atoms with Crippen molar-refractivity contribution in [1.29, 1.82) is 0 Å². The van der Waals surface area contributed by atoms with E-state index in [0.29, 0.717) is 24.4 Å². The monoisotopic (exact) mass is 277 g/mol. The molecule has 0 spiro atoms. The van der Waals surface area contributed by atoms with Crippen LogP contribution < -0.4 is 16.4 Å². The van der Waals surface area contributed by atoms with Crippen molar-refractivity contribution in [3.8, 4) is 0 Å². The van der Waals surface area contributed by atoms with E-state index >= 15 is 0 Å². The van der Waals surface area contributed by atoms with Crippen LogP contribution in [0.5, 0.6) is 0 Å². The number of nitrogen functional groups attached to an aromatic ring is 1. The molecule has 0 saturated carbocycles. The van der Waals surface area contributed by atoms with Crippen LogP contribution in [-0.2, 0) is 4.74 Å². The van der Waals surface area contributed by atoms with Gasteiger partial charge in [0, 0.05) is 24.5 Å². The third-order valence-corrected chi connectivity index (χ3v) is 3.50. The average Bonchev–Trinajstić information content (AvgIpc) is 2.39. The van der Waals surface area contributed by atoms with Gasteiger partial charge in [-0.2, -0.15) is 0 Å². The van der Waals surface area contributed by atoms with E-state index in [1.807, 2.05) is 13.0 Å². The molecule has 0 aliphatic carbocycles. The Balaban J connectivity index is 2.24. The molecule has 1 atom stereocenters. The van der Waals surface area contributed by atoms with Gasteiger partial charge >= 0.3 is 0 Å². The number of hydrogen-bond acceptors (Lipinski definition) is 4. The summed E-state index contributed by atoms with van der Waals surface area (Å²) < 4.78 is 5.54. The van der Waals surface area contributed by atoms with Gasteiger partial charge in [0.05, 0.1) is 17.7 Å². The minimum absolute atomic E-state index is 0.0877. The molecule has 5 heteroatoms. The fraction of sp³-hybridized carbons (Fsp3) is 0.533. The molecule has 1 aliphatic heterocycles. The summed E-state index contributed by atoms with van der Waals surface area (Å²) in [5.74, 6) is -0.0877. The lowest BCUT2D eigenvalue weighted by Gasteiger charge is -2.35. The predicted octanol–water partition coefficient (Wildman–Crippen LogP) is 2.00. The molecule has 4 N–H and O–H groups in total. The quantitative estimate of drug-likeness (QED) is 0.736. The van der Waals surface area contributed by atoms with E-state index < -0.39 is 0 Å². The van der Waals surface area contributed by atoms with Gasteiger partial charge in [-0.1, -0.05) is 0 Å². The van der Waals surface area contributed by atoms with Gasteiger partial charge in [-0.25, -0.2) is 0 Å². The molecule has 1 amide bonds. The van der Waals surface area contributed by atoms with Crippen LogP contribution in [0.1, 0.15) is 37.0 Å². The van der Waals surface area contributed by atoms with E-state index in [1.165, 1.54) is 0 Å². The fourth-order valence-corrected chi connectivity index (χ4v) is 2.48. The van der Waals surface area contributed by atoms with Crippen molar-refractivity contribution >= 4 is 17.3 Å². The van der Waals surface area contributed by atoms with Crippen molar-refractivity contribution in [3.63, 3.8) is 0 Å². The molecule has 5 nitrogen and oxygen atoms in total. The number of ether oxygens (including phenoxy) is 1. The SMILES string of the molecule is CCNC(=O)c1ccc(N)cc1NC1(C)CCCOC1. The first kappa shape index (κ1) is 14.7. The molecule has 1 aliphatic rings. The third-order valence-electron chi connectivity index (χ3n) is 3.50. The van der Waals surface area contributed by atoms with E-state index in [4.69, 9.17) is 10.5 Å². The number of anilines is 2. The van der Waals surface area contributed by atoms with Gasteiger partial charge in [0.25, 0.3) is 5.91 Å². The maximum absolute atomic E-state index is 12.1. The molecule has 0 bridgehead atoms. The van der Waals surface area contributed by atoms with Crippen molar-refractivity contribution in [3.05, 3.63) is 23.8 Å². The van der Waals surface area contributed by atoms with Gasteiger partial charge in [0.1, 0.15) is 0 Å². The molecular formula is C15H23N3O2. The largest absolute Gasteiger partial charge is 0.399 e. The lowest BCUT2D eigenvalue weighted by atomic mass is 9.94. The summed E-state index contributed by atoms with van der Waals surface area (Å²) in [6, 6.07) is 5.32. The summed E-state index contributed by atoms with van der Waals surface area (Å²) in [4.78, 5) is 12.1. The Morgan fingerprint density at radius 1 is 1.50 bits per heavy atom. The molecule has 110 valence electrons. The molecule has 2 rings (SSSR count). The standard InChI is InChI=1S/C15H23N3O2/c1-3-17-14(19)12-6-5-11(16)9-13(12)18-15(2)7-4-8-20-10-15/h5-6,9,18H,3-4,7-8,10,16H2,1-2H3,(H,17,19). The first-order chi connectivity index (χ1) is 9.54. The highest BCUT2D eigenvalue weighted by Gasteiger charge is 2.28. The highest BCUT2D eigenvalue weighted by Crippen LogP contribution is 2.27. The molecule has 0 radical (unpaired) electrons. The Hall–Kier alpha value is -1.75. The van der Waals surface area contributed by atoms with Crippen LogP contribution in [0.2, 0.25) is 0 Å². The van der Waals surface area contributed by atoms with Crippen LogP contribution in [0.4, 0.5) is 11.4 Å². The number of amides is 1. The maximum Gasteiger partial charge on any atom is 0.253 e. The number of hydrogen-bond donors (Lipinski definition) is 3. The summed E-state index contributed by atoms with van der Waals surface area (Å²) in [6.45, 7) is 6.05. The second-order valence-electron chi connectivity index (χ2n) is 5.51. The number of carbonyl (C=O) groups is 1. The summed E-state index contributed by atoms with van der Waals surface area (Å²) in [5, 5.41) is 6.26. The molecule has 1 aromatic carbocycles. The molecule has 1 saturated heterocycles. The molecule has 1 aromatic rings. The van der Waals surface area contributed by atoms with Crippen molar-refractivity contribution in [2.45, 2.75) is 32.2 Å². The van der Waals surface area contributed by atoms with E-state index in [9.17, 15) is 4.79 Å². The van der Waals surface area contributed by atoms with E-state index in [2.05, 4.69) is 17.6 Å². The highest BCUT2D eigenvalue weighted by atomic mass is 16.5. The zero-order chi connectivity index (χ0) is 14.6. The normalized spacial score (nSPS) is 22.3. The fourth-order valence-electron chi connectivity index (χ4n) is 2.48. The maximum atomic E-state index is 12.1. The molecule has 20 heavy (non-hydrogen) atoms. The molecule has 1 heterocycles. The predicted molar refractivity (Wildman–Crippen MR) is 80.9 cm³/mol. The number of nitrogens with two attached hydrogens (primary N) is 1. The number of rotatable bonds is 4. The van der Waals surface area contributed by atoms with Crippen LogP contribution in [0.25, 0.3) is 0 Å². The van der Waals surface area contributed by atoms with Crippen molar-refractivity contribution in [2.24, 2.45) is 0 Å². The molecule has 1 unspecified atom stereocenters. The third kappa shape index (κ3) is 3.42. The topological polar surface area (TPSA) is 76.4 Å². The van der Waals surface area contributed by atoms with Gasteiger partial charge in [-0.15, -0.1) is 0 Å². The minimum Gasteiger partial charge on any atom is -0.399 e. The second-order valence-corrected chi connectivity index (χ2v) is 5.51. The molecule has 0 aromatic heterocycles. The Bertz CT molecular complexity index is 482. The summed E-state index contributed by atoms with van der Waals surface area (Å²) in [7, 11) is 0. The zero-order valence-electron chi connectivity index (χ0n) is 12.2. The highest BCUT2D eigenvalue weighted by molar-refractivity contribution is 6.00. The number of carbonyl (C=O) groups excluding carboxylic acids is 1. The first-order valence-corrected chi connectivity index (χ1v) is 7.08. The van der Waals surface area contributed by atoms with Crippen LogP contribution in [0.3, 0.4) is 0 Å². The lowest BCUT2D eigenvalue weighted by Crippen LogP contribution is -2.43. The van der Waals surface area contributed by atoms with Gasteiger partial charge in [-0.3, -0.25) is 4.79 Å². The van der Waals surface area contributed by atoms with Crippen molar-refractivity contribution in [1.82, 2.24) is 5.32 Å². The van der Waals surface area contributed by atoms with E-state index in [1.54, 1.807) is 12.1 Å². The Labute approximate surface area is 119 Å². The zero-order valence-corrected chi connectivity index (χ0v) is 12.2. The van der Waals surface area contributed by atoms with Gasteiger partial charge in [-0.05, 0) is 44.9 Å². The van der Waals surface area contributed by atoms with E-state index in [0.717, 1.165) is 25.1 Å². The van der Waals surface area contributed by atoms with Crippen LogP contribution >= 0.6 is 0 Å². The van der Waals surface area contributed by atoms with Gasteiger partial charge in [0.15, 0.2) is 0 Å². The summed E-state index contributed by atoms with van der Waals surface area (Å²) in [5.41, 5.74) is 7.71. The number of nitrogens with one attached hydrogen (secondary N) is 2. The van der Waals surface area contributed by atoms with Gasteiger partial charge < -0.3 is 21.1 Å². The van der Waals surface area contributed by atoms with Crippen molar-refractivity contribution < 1.29 is 9.53 Å². The van der Waals surface area contributed by atoms with Gasteiger partial charge in [0.2, 0.25) is 0 Å². The number of benzene rings is 1. The first-order valence-electron chi connectivity index (χ1n) is 7.08. The molecular weight excluding hydrogens is 254 g/mol. The second kappa shape index (κ2) is 6.13. The Morgan fingerprint density at radius 3 is 2.95 bits per heavy atom. The average molecular weight is 277 g/mol. The van der Waals surface area contributed by atoms with E-state index in [-0.39, 0.29) is 11.4 Å². The lowest BCUT2D eigenvalue weighted by molar-refractivity contribution is 0.0540. The summed E-state index contributed by atoms with van der Waals surface area (Å²) in [6.07, 6.45) is 2.03. The summed E-state index contributed by atoms with van der Waals surface area (Å²) >= 11 is 0. The van der Waals surface area contributed by atoms with Crippen LogP contribution in [0, 0.1) is 0 Å².